The van der Waals surface area contributed by atoms with Crippen molar-refractivity contribution in [2.75, 3.05) is 37.6 Å². The highest BCUT2D eigenvalue weighted by molar-refractivity contribution is 5.74. The van der Waals surface area contributed by atoms with Gasteiger partial charge in [0, 0.05) is 55.8 Å². The van der Waals surface area contributed by atoms with Gasteiger partial charge in [0.15, 0.2) is 0 Å². The van der Waals surface area contributed by atoms with Crippen LogP contribution in [-0.4, -0.2) is 53.6 Å². The molecule has 1 aromatic carbocycles. The van der Waals surface area contributed by atoms with E-state index >= 15 is 0 Å². The lowest BCUT2D eigenvalue weighted by Gasteiger charge is -2.24. The predicted octanol–water partition coefficient (Wildman–Crippen LogP) is 2.41. The van der Waals surface area contributed by atoms with Crippen LogP contribution in [0.1, 0.15) is 16.8 Å². The number of hydrogen-bond acceptors (Lipinski definition) is 4. The molecular formula is C21H27N5O. The minimum absolute atomic E-state index is 0.0703. The van der Waals surface area contributed by atoms with Gasteiger partial charge in [0.2, 0.25) is 0 Å². The van der Waals surface area contributed by atoms with E-state index in [0.717, 1.165) is 49.7 Å². The van der Waals surface area contributed by atoms with Gasteiger partial charge in [-0.25, -0.2) is 14.8 Å². The molecule has 2 unspecified atom stereocenters. The number of urea groups is 1. The Morgan fingerprint density at radius 1 is 1.07 bits per heavy atom. The molecule has 3 heterocycles. The summed E-state index contributed by atoms with van der Waals surface area (Å²) in [5.74, 6) is 2.11. The van der Waals surface area contributed by atoms with E-state index in [1.54, 1.807) is 6.33 Å². The maximum atomic E-state index is 12.5. The summed E-state index contributed by atoms with van der Waals surface area (Å²) < 4.78 is 0. The quantitative estimate of drug-likeness (QED) is 0.904. The molecule has 2 aromatic rings. The second kappa shape index (κ2) is 7.55. The fourth-order valence-corrected chi connectivity index (χ4v) is 4.25. The van der Waals surface area contributed by atoms with Crippen molar-refractivity contribution < 1.29 is 4.79 Å². The third-order valence-electron chi connectivity index (χ3n) is 5.92. The van der Waals surface area contributed by atoms with Crippen LogP contribution in [-0.2, 0) is 6.42 Å². The highest BCUT2D eigenvalue weighted by Crippen LogP contribution is 2.34. The van der Waals surface area contributed by atoms with Crippen LogP contribution in [0.5, 0.6) is 0 Å². The number of amides is 2. The van der Waals surface area contributed by atoms with E-state index in [-0.39, 0.29) is 6.03 Å². The van der Waals surface area contributed by atoms with Crippen LogP contribution in [0.2, 0.25) is 0 Å². The van der Waals surface area contributed by atoms with Crippen molar-refractivity contribution >= 4 is 11.8 Å². The average molecular weight is 365 g/mol. The first-order valence-electron chi connectivity index (χ1n) is 9.71. The molecule has 6 nitrogen and oxygen atoms in total. The molecule has 4 rings (SSSR count). The van der Waals surface area contributed by atoms with E-state index in [4.69, 9.17) is 0 Å². The zero-order valence-corrected chi connectivity index (χ0v) is 16.1. The van der Waals surface area contributed by atoms with Gasteiger partial charge >= 0.3 is 6.03 Å². The Bertz CT molecular complexity index is 795. The monoisotopic (exact) mass is 365 g/mol. The number of nitrogens with zero attached hydrogens (tertiary/aromatic N) is 4. The molecule has 6 heteroatoms. The number of carbonyl (C=O) groups excluding carboxylic acids is 1. The lowest BCUT2D eigenvalue weighted by molar-refractivity contribution is 0.206. The van der Waals surface area contributed by atoms with Gasteiger partial charge in [-0.3, -0.25) is 0 Å². The van der Waals surface area contributed by atoms with Crippen molar-refractivity contribution in [3.8, 4) is 0 Å². The highest BCUT2D eigenvalue weighted by atomic mass is 16.2. The zero-order valence-electron chi connectivity index (χ0n) is 16.1. The summed E-state index contributed by atoms with van der Waals surface area (Å²) in [6.45, 7) is 8.40. The Balaban J connectivity index is 1.28. The molecule has 2 aliphatic rings. The number of benzene rings is 1. The number of aromatic nitrogens is 2. The largest absolute Gasteiger partial charge is 0.356 e. The Morgan fingerprint density at radius 3 is 2.48 bits per heavy atom. The van der Waals surface area contributed by atoms with Crippen LogP contribution in [0.4, 0.5) is 10.6 Å². The summed E-state index contributed by atoms with van der Waals surface area (Å²) in [6, 6.07) is 10.3. The maximum Gasteiger partial charge on any atom is 0.317 e. The number of hydrogen-bond donors (Lipinski definition) is 1. The summed E-state index contributed by atoms with van der Waals surface area (Å²) >= 11 is 0. The van der Waals surface area contributed by atoms with Crippen molar-refractivity contribution in [3.05, 3.63) is 53.5 Å². The summed E-state index contributed by atoms with van der Waals surface area (Å²) in [5, 5.41) is 3.07. The summed E-state index contributed by atoms with van der Waals surface area (Å²) in [5.41, 5.74) is 3.45. The van der Waals surface area contributed by atoms with E-state index in [9.17, 15) is 4.79 Å². The molecule has 1 aromatic heterocycles. The van der Waals surface area contributed by atoms with E-state index in [1.807, 2.05) is 30.0 Å². The molecule has 2 saturated heterocycles. The molecule has 142 valence electrons. The Labute approximate surface area is 160 Å². The topological polar surface area (TPSA) is 61.4 Å². The van der Waals surface area contributed by atoms with Gasteiger partial charge in [0.1, 0.15) is 12.1 Å². The number of likely N-dealkylation sites (tertiary alicyclic amines) is 1. The molecule has 0 aliphatic carbocycles. The molecule has 0 radical (unpaired) electrons. The standard InChI is InChI=1S/C21H27N5O/c1-15-16(2)23-14-24-20(15)25-10-18-12-26(13-19(18)11-25)21(27)22-9-8-17-6-4-3-5-7-17/h3-7,14,18-19H,8-13H2,1-2H3,(H,22,27). The van der Waals surface area contributed by atoms with Gasteiger partial charge in [-0.05, 0) is 25.8 Å². The van der Waals surface area contributed by atoms with E-state index in [2.05, 4.69) is 39.2 Å². The van der Waals surface area contributed by atoms with Crippen molar-refractivity contribution in [2.45, 2.75) is 20.3 Å². The van der Waals surface area contributed by atoms with Gasteiger partial charge < -0.3 is 15.1 Å². The molecule has 2 aliphatic heterocycles. The van der Waals surface area contributed by atoms with E-state index in [1.165, 1.54) is 5.56 Å². The van der Waals surface area contributed by atoms with Crippen molar-refractivity contribution in [2.24, 2.45) is 11.8 Å². The third kappa shape index (κ3) is 3.75. The molecule has 2 amide bonds. The lowest BCUT2D eigenvalue weighted by atomic mass is 10.0. The number of rotatable bonds is 4. The second-order valence-electron chi connectivity index (χ2n) is 7.71. The molecule has 0 saturated carbocycles. The molecular weight excluding hydrogens is 338 g/mol. The molecule has 0 spiro atoms. The smallest absolute Gasteiger partial charge is 0.317 e. The Hall–Kier alpha value is -2.63. The van der Waals surface area contributed by atoms with Crippen LogP contribution < -0.4 is 10.2 Å². The minimum atomic E-state index is 0.0703. The van der Waals surface area contributed by atoms with Gasteiger partial charge in [-0.2, -0.15) is 0 Å². The van der Waals surface area contributed by atoms with Crippen LogP contribution >= 0.6 is 0 Å². The average Bonchev–Trinajstić information content (AvgIpc) is 3.24. The van der Waals surface area contributed by atoms with Crippen molar-refractivity contribution in [1.29, 1.82) is 0 Å². The third-order valence-corrected chi connectivity index (χ3v) is 5.92. The van der Waals surface area contributed by atoms with Crippen molar-refractivity contribution in [3.63, 3.8) is 0 Å². The number of aryl methyl sites for hydroxylation is 1. The zero-order chi connectivity index (χ0) is 18.8. The van der Waals surface area contributed by atoms with Crippen LogP contribution in [0.15, 0.2) is 36.7 Å². The summed E-state index contributed by atoms with van der Waals surface area (Å²) in [6.07, 6.45) is 2.52. The molecule has 27 heavy (non-hydrogen) atoms. The predicted molar refractivity (Wildman–Crippen MR) is 106 cm³/mol. The number of nitrogens with one attached hydrogen (secondary N) is 1. The van der Waals surface area contributed by atoms with Gasteiger partial charge in [0.05, 0.1) is 0 Å². The molecule has 1 N–H and O–H groups in total. The fraction of sp³-hybridized carbons (Fsp3) is 0.476. The van der Waals surface area contributed by atoms with Gasteiger partial charge in [-0.15, -0.1) is 0 Å². The van der Waals surface area contributed by atoms with E-state index in [0.29, 0.717) is 18.4 Å². The van der Waals surface area contributed by atoms with Crippen LogP contribution in [0.3, 0.4) is 0 Å². The van der Waals surface area contributed by atoms with Gasteiger partial charge in [-0.1, -0.05) is 30.3 Å². The molecule has 2 atom stereocenters. The normalized spacial score (nSPS) is 21.4. The second-order valence-corrected chi connectivity index (χ2v) is 7.71. The summed E-state index contributed by atoms with van der Waals surface area (Å²) in [4.78, 5) is 25.6. The number of anilines is 1. The number of carbonyl (C=O) groups is 1. The van der Waals surface area contributed by atoms with Crippen LogP contribution in [0.25, 0.3) is 0 Å². The fourth-order valence-electron chi connectivity index (χ4n) is 4.25. The summed E-state index contributed by atoms with van der Waals surface area (Å²) in [7, 11) is 0. The molecule has 0 bridgehead atoms. The minimum Gasteiger partial charge on any atom is -0.356 e. The first-order valence-corrected chi connectivity index (χ1v) is 9.71. The Morgan fingerprint density at radius 2 is 1.78 bits per heavy atom. The lowest BCUT2D eigenvalue weighted by Crippen LogP contribution is -2.41. The Kier molecular flexibility index (Phi) is 4.97. The number of fused-ring (bicyclic) bond motifs is 1. The maximum absolute atomic E-state index is 12.5. The first-order chi connectivity index (χ1) is 13.1. The van der Waals surface area contributed by atoms with Gasteiger partial charge in [0.25, 0.3) is 0 Å². The first kappa shape index (κ1) is 17.8. The van der Waals surface area contributed by atoms with E-state index < -0.39 is 0 Å². The highest BCUT2D eigenvalue weighted by Gasteiger charge is 2.42. The SMILES string of the molecule is Cc1ncnc(N2CC3CN(C(=O)NCCc4ccccc4)CC3C2)c1C. The van der Waals surface area contributed by atoms with Crippen molar-refractivity contribution in [1.82, 2.24) is 20.2 Å². The molecule has 2 fully saturated rings. The van der Waals surface area contributed by atoms with Crippen LogP contribution in [0, 0.1) is 25.7 Å².